The lowest BCUT2D eigenvalue weighted by atomic mass is 10.1. The molecule has 5 nitrogen and oxygen atoms in total. The smallest absolute Gasteiger partial charge is 0.240 e. The summed E-state index contributed by atoms with van der Waals surface area (Å²) in [6.07, 6.45) is 0. The van der Waals surface area contributed by atoms with Crippen molar-refractivity contribution in [2.45, 2.75) is 39.1 Å². The molecule has 0 fully saturated rings. The zero-order valence-corrected chi connectivity index (χ0v) is 12.8. The third-order valence-electron chi connectivity index (χ3n) is 3.41. The van der Waals surface area contributed by atoms with Crippen LogP contribution >= 0.6 is 0 Å². The van der Waals surface area contributed by atoms with Crippen LogP contribution in [0.15, 0.2) is 27.6 Å². The number of hydrogen-bond acceptors (Lipinski definition) is 4. The second-order valence-electron chi connectivity index (χ2n) is 4.87. The Bertz CT molecular complexity index is 713. The molecular formula is C14H18N2O3S. The average Bonchev–Trinajstić information content (AvgIpc) is 2.70. The molecule has 1 N–H and O–H groups in total. The van der Waals surface area contributed by atoms with Crippen LogP contribution in [0.5, 0.6) is 0 Å². The monoisotopic (exact) mass is 294 g/mol. The molecule has 0 unspecified atom stereocenters. The van der Waals surface area contributed by atoms with Crippen LogP contribution in [0.2, 0.25) is 0 Å². The van der Waals surface area contributed by atoms with Crippen LogP contribution in [-0.4, -0.2) is 13.6 Å². The van der Waals surface area contributed by atoms with E-state index in [-0.39, 0.29) is 11.4 Å². The molecule has 1 aromatic heterocycles. The molecule has 1 heterocycles. The first kappa shape index (κ1) is 14.7. The number of nitrogens with zero attached hydrogens (tertiary/aromatic N) is 1. The van der Waals surface area contributed by atoms with Crippen molar-refractivity contribution in [1.82, 2.24) is 9.88 Å². The number of rotatable bonds is 4. The first-order valence-electron chi connectivity index (χ1n) is 6.30. The summed E-state index contributed by atoms with van der Waals surface area (Å²) in [5, 5.41) is 3.81. The fourth-order valence-corrected chi connectivity index (χ4v) is 2.97. The Balaban J connectivity index is 2.21. The topological polar surface area (TPSA) is 72.2 Å². The molecule has 0 radical (unpaired) electrons. The van der Waals surface area contributed by atoms with Gasteiger partial charge in [0.25, 0.3) is 0 Å². The van der Waals surface area contributed by atoms with Gasteiger partial charge in [-0.2, -0.15) is 0 Å². The largest absolute Gasteiger partial charge is 0.361 e. The summed E-state index contributed by atoms with van der Waals surface area (Å²) >= 11 is 0. The Kier molecular flexibility index (Phi) is 3.96. The lowest BCUT2D eigenvalue weighted by Crippen LogP contribution is -2.23. The van der Waals surface area contributed by atoms with E-state index < -0.39 is 10.0 Å². The van der Waals surface area contributed by atoms with Gasteiger partial charge in [-0.25, -0.2) is 13.1 Å². The summed E-state index contributed by atoms with van der Waals surface area (Å²) in [6.45, 7) is 7.57. The molecule has 0 spiro atoms. The molecule has 0 aliphatic heterocycles. The molecule has 20 heavy (non-hydrogen) atoms. The van der Waals surface area contributed by atoms with Crippen LogP contribution in [0.1, 0.15) is 28.1 Å². The van der Waals surface area contributed by atoms with Gasteiger partial charge in [0.2, 0.25) is 10.0 Å². The summed E-state index contributed by atoms with van der Waals surface area (Å²) in [5.74, 6) is 0.630. The fraction of sp³-hybridized carbons (Fsp3) is 0.357. The average molecular weight is 294 g/mol. The van der Waals surface area contributed by atoms with Gasteiger partial charge in [0.05, 0.1) is 10.6 Å². The Hall–Kier alpha value is -1.66. The van der Waals surface area contributed by atoms with Gasteiger partial charge in [0.15, 0.2) is 0 Å². The highest BCUT2D eigenvalue weighted by molar-refractivity contribution is 7.89. The van der Waals surface area contributed by atoms with E-state index in [2.05, 4.69) is 9.88 Å². The van der Waals surface area contributed by atoms with Gasteiger partial charge in [0, 0.05) is 12.1 Å². The normalized spacial score (nSPS) is 11.8. The Morgan fingerprint density at radius 2 is 1.85 bits per heavy atom. The number of benzene rings is 1. The minimum Gasteiger partial charge on any atom is -0.361 e. The van der Waals surface area contributed by atoms with Crippen molar-refractivity contribution >= 4 is 10.0 Å². The van der Waals surface area contributed by atoms with E-state index in [1.165, 1.54) is 0 Å². The Labute approximate surface area is 119 Å². The fourth-order valence-electron chi connectivity index (χ4n) is 1.89. The van der Waals surface area contributed by atoms with E-state index in [9.17, 15) is 8.42 Å². The number of aryl methyl sites for hydroxylation is 4. The summed E-state index contributed by atoms with van der Waals surface area (Å²) in [6, 6.07) is 5.09. The van der Waals surface area contributed by atoms with E-state index in [1.807, 2.05) is 13.8 Å². The third-order valence-corrected chi connectivity index (χ3v) is 4.81. The van der Waals surface area contributed by atoms with Gasteiger partial charge in [-0.3, -0.25) is 0 Å². The van der Waals surface area contributed by atoms with Crippen molar-refractivity contribution in [1.29, 1.82) is 0 Å². The highest BCUT2D eigenvalue weighted by Gasteiger charge is 2.17. The lowest BCUT2D eigenvalue weighted by molar-refractivity contribution is 0.392. The molecule has 0 bridgehead atoms. The SMILES string of the molecule is Cc1ccc(S(=O)(=O)NCc2c(C)noc2C)cc1C. The maximum atomic E-state index is 12.3. The maximum Gasteiger partial charge on any atom is 0.240 e. The second-order valence-corrected chi connectivity index (χ2v) is 6.64. The molecule has 6 heteroatoms. The first-order valence-corrected chi connectivity index (χ1v) is 7.78. The quantitative estimate of drug-likeness (QED) is 0.939. The Morgan fingerprint density at radius 1 is 1.15 bits per heavy atom. The summed E-state index contributed by atoms with van der Waals surface area (Å²) in [4.78, 5) is 0.271. The van der Waals surface area contributed by atoms with Crippen molar-refractivity contribution in [3.63, 3.8) is 0 Å². The summed E-state index contributed by atoms with van der Waals surface area (Å²) < 4.78 is 32.1. The van der Waals surface area contributed by atoms with Crippen LogP contribution in [0, 0.1) is 27.7 Å². The van der Waals surface area contributed by atoms with E-state index in [0.717, 1.165) is 16.7 Å². The van der Waals surface area contributed by atoms with Crippen molar-refractivity contribution < 1.29 is 12.9 Å². The number of aromatic nitrogens is 1. The molecule has 1 aromatic carbocycles. The number of sulfonamides is 1. The molecule has 2 rings (SSSR count). The minimum absolute atomic E-state index is 0.177. The van der Waals surface area contributed by atoms with Crippen molar-refractivity contribution in [3.05, 3.63) is 46.3 Å². The van der Waals surface area contributed by atoms with Crippen LogP contribution in [0.25, 0.3) is 0 Å². The zero-order chi connectivity index (χ0) is 14.9. The molecule has 2 aromatic rings. The van der Waals surface area contributed by atoms with Gasteiger partial charge >= 0.3 is 0 Å². The van der Waals surface area contributed by atoms with Gasteiger partial charge in [-0.05, 0) is 51.0 Å². The van der Waals surface area contributed by atoms with E-state index >= 15 is 0 Å². The van der Waals surface area contributed by atoms with Gasteiger partial charge in [0.1, 0.15) is 5.76 Å². The molecule has 108 valence electrons. The van der Waals surface area contributed by atoms with Crippen LogP contribution in [0.4, 0.5) is 0 Å². The maximum absolute atomic E-state index is 12.3. The van der Waals surface area contributed by atoms with Crippen molar-refractivity contribution in [2.75, 3.05) is 0 Å². The standard InChI is InChI=1S/C14H18N2O3S/c1-9-5-6-13(7-10(9)2)20(17,18)15-8-14-11(3)16-19-12(14)4/h5-7,15H,8H2,1-4H3. The van der Waals surface area contributed by atoms with Crippen LogP contribution in [-0.2, 0) is 16.6 Å². The first-order chi connectivity index (χ1) is 9.31. The third kappa shape index (κ3) is 2.91. The van der Waals surface area contributed by atoms with Crippen molar-refractivity contribution in [2.24, 2.45) is 0 Å². The molecule has 0 aliphatic carbocycles. The van der Waals surface area contributed by atoms with Gasteiger partial charge < -0.3 is 4.52 Å². The number of nitrogens with one attached hydrogen (secondary N) is 1. The zero-order valence-electron chi connectivity index (χ0n) is 12.0. The highest BCUT2D eigenvalue weighted by Crippen LogP contribution is 2.16. The molecular weight excluding hydrogens is 276 g/mol. The van der Waals surface area contributed by atoms with Crippen LogP contribution < -0.4 is 4.72 Å². The number of hydrogen-bond donors (Lipinski definition) is 1. The lowest BCUT2D eigenvalue weighted by Gasteiger charge is -2.08. The summed E-state index contributed by atoms with van der Waals surface area (Å²) in [7, 11) is -3.53. The minimum atomic E-state index is -3.53. The molecule has 0 amide bonds. The van der Waals surface area contributed by atoms with Crippen LogP contribution in [0.3, 0.4) is 0 Å². The van der Waals surface area contributed by atoms with E-state index in [1.54, 1.807) is 32.0 Å². The molecule has 0 aliphatic rings. The summed E-state index contributed by atoms with van der Waals surface area (Å²) in [5.41, 5.74) is 3.49. The predicted octanol–water partition coefficient (Wildman–Crippen LogP) is 2.39. The van der Waals surface area contributed by atoms with Crippen molar-refractivity contribution in [3.8, 4) is 0 Å². The van der Waals surface area contributed by atoms with Gasteiger partial charge in [-0.1, -0.05) is 11.2 Å². The predicted molar refractivity (Wildman–Crippen MR) is 75.9 cm³/mol. The van der Waals surface area contributed by atoms with E-state index in [0.29, 0.717) is 11.5 Å². The second kappa shape index (κ2) is 5.38. The molecule has 0 saturated heterocycles. The van der Waals surface area contributed by atoms with Gasteiger partial charge in [-0.15, -0.1) is 0 Å². The molecule has 0 atom stereocenters. The highest BCUT2D eigenvalue weighted by atomic mass is 32.2. The molecule has 0 saturated carbocycles. The Morgan fingerprint density at radius 3 is 2.40 bits per heavy atom. The van der Waals surface area contributed by atoms with E-state index in [4.69, 9.17) is 4.52 Å².